The number of ether oxygens (including phenoxy) is 1. The van der Waals surface area contributed by atoms with Crippen LogP contribution in [-0.4, -0.2) is 36.6 Å². The molecular formula is C9H13BrFN3O. The van der Waals surface area contributed by atoms with Crippen LogP contribution >= 0.6 is 15.9 Å². The van der Waals surface area contributed by atoms with E-state index >= 15 is 0 Å². The highest BCUT2D eigenvalue weighted by molar-refractivity contribution is 9.10. The smallest absolute Gasteiger partial charge is 0.178 e. The first-order chi connectivity index (χ1) is 7.17. The lowest BCUT2D eigenvalue weighted by atomic mass is 9.95. The van der Waals surface area contributed by atoms with E-state index in [9.17, 15) is 4.39 Å². The maximum absolute atomic E-state index is 14.2. The number of methoxy groups -OCH3 is 1. The third-order valence-corrected chi connectivity index (χ3v) is 3.12. The lowest BCUT2D eigenvalue weighted by Crippen LogP contribution is -2.54. The van der Waals surface area contributed by atoms with Gasteiger partial charge >= 0.3 is 0 Å². The molecule has 1 aromatic rings. The van der Waals surface area contributed by atoms with Crippen LogP contribution in [0, 0.1) is 0 Å². The molecule has 2 heterocycles. The van der Waals surface area contributed by atoms with Gasteiger partial charge in [-0.05, 0) is 15.9 Å². The van der Waals surface area contributed by atoms with E-state index in [1.54, 1.807) is 18.0 Å². The number of rotatable bonds is 4. The van der Waals surface area contributed by atoms with Crippen LogP contribution in [0.2, 0.25) is 0 Å². The average Bonchev–Trinajstić information content (AvgIpc) is 2.53. The zero-order valence-corrected chi connectivity index (χ0v) is 10.1. The van der Waals surface area contributed by atoms with Crippen LogP contribution in [0.15, 0.2) is 10.7 Å². The lowest BCUT2D eigenvalue weighted by Gasteiger charge is -2.35. The van der Waals surface area contributed by atoms with E-state index in [0.717, 1.165) is 4.47 Å². The molecule has 4 nitrogen and oxygen atoms in total. The normalized spacial score (nSPS) is 18.9. The Morgan fingerprint density at radius 3 is 3.00 bits per heavy atom. The predicted molar refractivity (Wildman–Crippen MR) is 57.5 cm³/mol. The van der Waals surface area contributed by atoms with Gasteiger partial charge in [-0.3, -0.25) is 4.68 Å². The summed E-state index contributed by atoms with van der Waals surface area (Å²) in [5.41, 5.74) is -0.679. The fraction of sp³-hybridized carbons (Fsp3) is 0.667. The summed E-state index contributed by atoms with van der Waals surface area (Å²) in [4.78, 5) is 0. The molecule has 0 spiro atoms. The standard InChI is InChI=1S/C9H13BrFN3O/c1-15-3-2-14-8(7(10)4-13-14)9(11)5-12-6-9/h4,12H,2-3,5-6H2,1H3. The molecule has 1 aliphatic heterocycles. The van der Waals surface area contributed by atoms with Gasteiger partial charge in [0.05, 0.1) is 29.5 Å². The molecule has 0 bridgehead atoms. The summed E-state index contributed by atoms with van der Waals surface area (Å²) >= 11 is 3.33. The number of hydrogen-bond donors (Lipinski definition) is 1. The maximum atomic E-state index is 14.2. The topological polar surface area (TPSA) is 39.1 Å². The third kappa shape index (κ3) is 1.93. The summed E-state index contributed by atoms with van der Waals surface area (Å²) < 4.78 is 21.6. The highest BCUT2D eigenvalue weighted by atomic mass is 79.9. The van der Waals surface area contributed by atoms with Crippen molar-refractivity contribution in [1.29, 1.82) is 0 Å². The van der Waals surface area contributed by atoms with E-state index in [1.807, 2.05) is 0 Å². The molecule has 15 heavy (non-hydrogen) atoms. The van der Waals surface area contributed by atoms with E-state index < -0.39 is 5.67 Å². The fourth-order valence-corrected chi connectivity index (χ4v) is 2.32. The molecule has 0 aliphatic carbocycles. The Bertz CT molecular complexity index is 351. The van der Waals surface area contributed by atoms with Crippen LogP contribution in [0.3, 0.4) is 0 Å². The Morgan fingerprint density at radius 1 is 1.73 bits per heavy atom. The molecule has 0 atom stereocenters. The molecule has 1 fully saturated rings. The number of nitrogens with zero attached hydrogens (tertiary/aromatic N) is 2. The van der Waals surface area contributed by atoms with Crippen molar-refractivity contribution in [2.24, 2.45) is 0 Å². The zero-order chi connectivity index (χ0) is 10.9. The Labute approximate surface area is 95.9 Å². The summed E-state index contributed by atoms with van der Waals surface area (Å²) in [6, 6.07) is 0. The number of hydrogen-bond acceptors (Lipinski definition) is 3. The van der Waals surface area contributed by atoms with Gasteiger partial charge in [0.15, 0.2) is 5.67 Å². The Hall–Kier alpha value is -0.460. The van der Waals surface area contributed by atoms with Gasteiger partial charge in [-0.15, -0.1) is 0 Å². The van der Waals surface area contributed by atoms with Crippen LogP contribution in [-0.2, 0) is 17.0 Å². The molecule has 0 aromatic carbocycles. The fourth-order valence-electron chi connectivity index (χ4n) is 1.67. The summed E-state index contributed by atoms with van der Waals surface area (Å²) in [7, 11) is 1.62. The van der Waals surface area contributed by atoms with Gasteiger partial charge in [0.1, 0.15) is 0 Å². The van der Waals surface area contributed by atoms with Crippen LogP contribution in [0.25, 0.3) is 0 Å². The van der Waals surface area contributed by atoms with Crippen LogP contribution in [0.1, 0.15) is 5.69 Å². The third-order valence-electron chi connectivity index (χ3n) is 2.54. The Balaban J connectivity index is 2.23. The molecule has 6 heteroatoms. The second-order valence-corrected chi connectivity index (χ2v) is 4.48. The van der Waals surface area contributed by atoms with E-state index in [1.165, 1.54) is 0 Å². The molecule has 0 saturated carbocycles. The number of nitrogens with one attached hydrogen (secondary N) is 1. The highest BCUT2D eigenvalue weighted by Gasteiger charge is 2.43. The van der Waals surface area contributed by atoms with Crippen molar-refractivity contribution in [1.82, 2.24) is 15.1 Å². The quantitative estimate of drug-likeness (QED) is 0.895. The summed E-state index contributed by atoms with van der Waals surface area (Å²) in [5.74, 6) is 0. The van der Waals surface area contributed by atoms with Crippen molar-refractivity contribution in [3.8, 4) is 0 Å². The minimum atomic E-state index is -1.29. The van der Waals surface area contributed by atoms with Gasteiger partial charge < -0.3 is 10.1 Å². The molecular weight excluding hydrogens is 265 g/mol. The first kappa shape index (κ1) is 11.0. The van der Waals surface area contributed by atoms with E-state index in [4.69, 9.17) is 4.74 Å². The van der Waals surface area contributed by atoms with Crippen LogP contribution < -0.4 is 5.32 Å². The van der Waals surface area contributed by atoms with E-state index in [0.29, 0.717) is 31.9 Å². The SMILES string of the molecule is COCCn1ncc(Br)c1C1(F)CNC1. The highest BCUT2D eigenvalue weighted by Crippen LogP contribution is 2.34. The van der Waals surface area contributed by atoms with E-state index in [2.05, 4.69) is 26.3 Å². The number of alkyl halides is 1. The van der Waals surface area contributed by atoms with Crippen molar-refractivity contribution in [2.45, 2.75) is 12.2 Å². The monoisotopic (exact) mass is 277 g/mol. The van der Waals surface area contributed by atoms with Crippen molar-refractivity contribution < 1.29 is 9.13 Å². The van der Waals surface area contributed by atoms with Crippen LogP contribution in [0.4, 0.5) is 4.39 Å². The maximum Gasteiger partial charge on any atom is 0.178 e. The average molecular weight is 278 g/mol. The predicted octanol–water partition coefficient (Wildman–Crippen LogP) is 1.06. The van der Waals surface area contributed by atoms with Gasteiger partial charge in [0.2, 0.25) is 0 Å². The first-order valence-electron chi connectivity index (χ1n) is 4.78. The molecule has 1 saturated heterocycles. The molecule has 2 rings (SSSR count). The summed E-state index contributed by atoms with van der Waals surface area (Å²) in [5, 5.41) is 7.06. The minimum absolute atomic E-state index is 0.351. The number of aromatic nitrogens is 2. The van der Waals surface area contributed by atoms with Crippen molar-refractivity contribution >= 4 is 15.9 Å². The molecule has 0 unspecified atom stereocenters. The van der Waals surface area contributed by atoms with Crippen molar-refractivity contribution in [3.05, 3.63) is 16.4 Å². The molecule has 1 aromatic heterocycles. The van der Waals surface area contributed by atoms with Crippen LogP contribution in [0.5, 0.6) is 0 Å². The molecule has 1 aliphatic rings. The second kappa shape index (κ2) is 4.19. The molecule has 0 radical (unpaired) electrons. The molecule has 0 amide bonds. The largest absolute Gasteiger partial charge is 0.383 e. The van der Waals surface area contributed by atoms with Gasteiger partial charge in [-0.2, -0.15) is 5.10 Å². The first-order valence-corrected chi connectivity index (χ1v) is 5.57. The summed E-state index contributed by atoms with van der Waals surface area (Å²) in [6.07, 6.45) is 1.63. The van der Waals surface area contributed by atoms with Crippen molar-refractivity contribution in [3.63, 3.8) is 0 Å². The molecule has 1 N–H and O–H groups in total. The lowest BCUT2D eigenvalue weighted by molar-refractivity contribution is 0.0743. The Morgan fingerprint density at radius 2 is 2.47 bits per heavy atom. The molecule has 84 valence electrons. The van der Waals surface area contributed by atoms with E-state index in [-0.39, 0.29) is 0 Å². The summed E-state index contributed by atoms with van der Waals surface area (Å²) in [6.45, 7) is 1.81. The van der Waals surface area contributed by atoms with Gasteiger partial charge in [-0.25, -0.2) is 4.39 Å². The van der Waals surface area contributed by atoms with Gasteiger partial charge in [-0.1, -0.05) is 0 Å². The number of halogens is 2. The Kier molecular flexibility index (Phi) is 3.08. The van der Waals surface area contributed by atoms with Crippen molar-refractivity contribution in [2.75, 3.05) is 26.8 Å². The second-order valence-electron chi connectivity index (χ2n) is 3.63. The zero-order valence-electron chi connectivity index (χ0n) is 8.46. The van der Waals surface area contributed by atoms with Gasteiger partial charge in [0.25, 0.3) is 0 Å². The van der Waals surface area contributed by atoms with Gasteiger partial charge in [0, 0.05) is 20.2 Å². The minimum Gasteiger partial charge on any atom is -0.383 e.